The van der Waals surface area contributed by atoms with Crippen LogP contribution >= 0.6 is 15.9 Å². The van der Waals surface area contributed by atoms with E-state index in [0.717, 1.165) is 23.8 Å². The molecule has 3 atom stereocenters. The fourth-order valence-electron chi connectivity index (χ4n) is 3.20. The maximum atomic E-state index is 5.99. The Hall–Kier alpha value is -0.340. The fraction of sp³-hybridized carbons (Fsp3) is 0.600. The molecule has 1 nitrogen and oxygen atoms in total. The molecule has 3 unspecified atom stereocenters. The summed E-state index contributed by atoms with van der Waals surface area (Å²) in [6.45, 7) is 0.895. The van der Waals surface area contributed by atoms with E-state index >= 15 is 0 Å². The van der Waals surface area contributed by atoms with Crippen molar-refractivity contribution >= 4 is 15.9 Å². The second kappa shape index (κ2) is 5.11. The van der Waals surface area contributed by atoms with Gasteiger partial charge in [0.15, 0.2) is 0 Å². The van der Waals surface area contributed by atoms with Crippen LogP contribution in [-0.4, -0.2) is 11.4 Å². The van der Waals surface area contributed by atoms with Gasteiger partial charge in [0.05, 0.1) is 12.7 Å². The van der Waals surface area contributed by atoms with Crippen molar-refractivity contribution in [3.05, 3.63) is 35.4 Å². The van der Waals surface area contributed by atoms with Gasteiger partial charge in [0.2, 0.25) is 0 Å². The average molecular weight is 295 g/mol. The molecule has 0 spiro atoms. The monoisotopic (exact) mass is 294 g/mol. The SMILES string of the molecule is BrC1CCC(CC2OCCc3ccccc32)C1. The summed E-state index contributed by atoms with van der Waals surface area (Å²) in [5.74, 6) is 0.843. The quantitative estimate of drug-likeness (QED) is 0.741. The van der Waals surface area contributed by atoms with Crippen molar-refractivity contribution in [2.75, 3.05) is 6.61 Å². The molecule has 0 bridgehead atoms. The van der Waals surface area contributed by atoms with Crippen LogP contribution in [0.1, 0.15) is 42.9 Å². The van der Waals surface area contributed by atoms with Crippen molar-refractivity contribution in [1.82, 2.24) is 0 Å². The first-order chi connectivity index (χ1) is 8.33. The summed E-state index contributed by atoms with van der Waals surface area (Å²) < 4.78 is 5.99. The Morgan fingerprint density at radius 3 is 2.94 bits per heavy atom. The lowest BCUT2D eigenvalue weighted by Gasteiger charge is -2.28. The minimum Gasteiger partial charge on any atom is -0.373 e. The molecule has 0 amide bonds. The molecule has 1 aliphatic carbocycles. The molecule has 1 aromatic carbocycles. The highest BCUT2D eigenvalue weighted by molar-refractivity contribution is 9.09. The van der Waals surface area contributed by atoms with E-state index in [1.807, 2.05) is 0 Å². The van der Waals surface area contributed by atoms with Gasteiger partial charge < -0.3 is 4.74 Å². The predicted molar refractivity (Wildman–Crippen MR) is 73.5 cm³/mol. The third kappa shape index (κ3) is 2.58. The van der Waals surface area contributed by atoms with Crippen molar-refractivity contribution in [2.45, 2.75) is 43.0 Å². The third-order valence-electron chi connectivity index (χ3n) is 4.12. The maximum absolute atomic E-state index is 5.99. The number of hydrogen-bond donors (Lipinski definition) is 0. The molecule has 1 aliphatic heterocycles. The van der Waals surface area contributed by atoms with Gasteiger partial charge in [-0.1, -0.05) is 40.2 Å². The Kier molecular flexibility index (Phi) is 3.53. The molecule has 1 heterocycles. The number of fused-ring (bicyclic) bond motifs is 1. The zero-order valence-electron chi connectivity index (χ0n) is 10.1. The molecule has 1 saturated carbocycles. The van der Waals surface area contributed by atoms with Gasteiger partial charge in [-0.05, 0) is 49.1 Å². The van der Waals surface area contributed by atoms with Crippen molar-refractivity contribution < 1.29 is 4.74 Å². The van der Waals surface area contributed by atoms with Crippen molar-refractivity contribution in [3.8, 4) is 0 Å². The minimum atomic E-state index is 0.350. The van der Waals surface area contributed by atoms with Crippen LogP contribution in [0, 0.1) is 5.92 Å². The smallest absolute Gasteiger partial charge is 0.0830 e. The highest BCUT2D eigenvalue weighted by atomic mass is 79.9. The summed E-state index contributed by atoms with van der Waals surface area (Å²) in [4.78, 5) is 0.742. The van der Waals surface area contributed by atoms with Gasteiger partial charge in [-0.2, -0.15) is 0 Å². The van der Waals surface area contributed by atoms with Crippen LogP contribution in [-0.2, 0) is 11.2 Å². The minimum absolute atomic E-state index is 0.350. The number of rotatable bonds is 2. The Morgan fingerprint density at radius 2 is 2.12 bits per heavy atom. The molecule has 2 aliphatic rings. The standard InChI is InChI=1S/C15H19BrO/c16-13-6-5-11(9-13)10-15-14-4-2-1-3-12(14)7-8-17-15/h1-4,11,13,15H,5-10H2. The Bertz CT molecular complexity index is 390. The number of ether oxygens (including phenoxy) is 1. The molecule has 0 radical (unpaired) electrons. The fourth-order valence-corrected chi connectivity index (χ4v) is 4.00. The zero-order chi connectivity index (χ0) is 11.7. The molecule has 1 fully saturated rings. The number of halogens is 1. The van der Waals surface area contributed by atoms with Gasteiger partial charge in [-0.15, -0.1) is 0 Å². The van der Waals surface area contributed by atoms with E-state index < -0.39 is 0 Å². The van der Waals surface area contributed by atoms with Crippen LogP contribution in [0.3, 0.4) is 0 Å². The number of alkyl halides is 1. The Labute approximate surface area is 112 Å². The van der Waals surface area contributed by atoms with E-state index in [1.54, 1.807) is 0 Å². The molecule has 1 aromatic rings. The van der Waals surface area contributed by atoms with E-state index in [-0.39, 0.29) is 0 Å². The van der Waals surface area contributed by atoms with Crippen molar-refractivity contribution in [3.63, 3.8) is 0 Å². The van der Waals surface area contributed by atoms with Gasteiger partial charge in [0, 0.05) is 4.83 Å². The van der Waals surface area contributed by atoms with Gasteiger partial charge in [0.25, 0.3) is 0 Å². The van der Waals surface area contributed by atoms with Crippen molar-refractivity contribution in [1.29, 1.82) is 0 Å². The molecule has 92 valence electrons. The summed E-state index contributed by atoms with van der Waals surface area (Å²) in [5, 5.41) is 0. The first-order valence-electron chi connectivity index (χ1n) is 6.66. The normalized spacial score (nSPS) is 32.4. The van der Waals surface area contributed by atoms with Crippen LogP contribution < -0.4 is 0 Å². The first-order valence-corrected chi connectivity index (χ1v) is 7.58. The van der Waals surface area contributed by atoms with Crippen LogP contribution in [0.2, 0.25) is 0 Å². The molecule has 0 saturated heterocycles. The molecule has 3 rings (SSSR count). The highest BCUT2D eigenvalue weighted by Gasteiger charge is 2.28. The summed E-state index contributed by atoms with van der Waals surface area (Å²) in [5.41, 5.74) is 2.94. The Morgan fingerprint density at radius 1 is 1.24 bits per heavy atom. The van der Waals surface area contributed by atoms with Crippen LogP contribution in [0.25, 0.3) is 0 Å². The largest absolute Gasteiger partial charge is 0.373 e. The predicted octanol–water partition coefficient (Wildman–Crippen LogP) is 4.25. The van der Waals surface area contributed by atoms with Gasteiger partial charge in [-0.3, -0.25) is 0 Å². The topological polar surface area (TPSA) is 9.23 Å². The van der Waals surface area contributed by atoms with Crippen LogP contribution in [0.5, 0.6) is 0 Å². The molecule has 0 N–H and O–H groups in total. The van der Waals surface area contributed by atoms with Gasteiger partial charge in [0.1, 0.15) is 0 Å². The summed E-state index contributed by atoms with van der Waals surface area (Å²) >= 11 is 3.73. The highest BCUT2D eigenvalue weighted by Crippen LogP contribution is 2.39. The summed E-state index contributed by atoms with van der Waals surface area (Å²) in [6, 6.07) is 8.79. The van der Waals surface area contributed by atoms with E-state index in [0.29, 0.717) is 6.10 Å². The summed E-state index contributed by atoms with van der Waals surface area (Å²) in [6.07, 6.45) is 6.65. The lowest BCUT2D eigenvalue weighted by Crippen LogP contribution is -2.18. The lowest BCUT2D eigenvalue weighted by molar-refractivity contribution is 0.0259. The van der Waals surface area contributed by atoms with E-state index in [2.05, 4.69) is 40.2 Å². The molecule has 0 aromatic heterocycles. The number of hydrogen-bond acceptors (Lipinski definition) is 1. The number of benzene rings is 1. The average Bonchev–Trinajstić information content (AvgIpc) is 2.75. The van der Waals surface area contributed by atoms with Gasteiger partial charge >= 0.3 is 0 Å². The second-order valence-corrected chi connectivity index (χ2v) is 6.62. The van der Waals surface area contributed by atoms with E-state index in [9.17, 15) is 0 Å². The van der Waals surface area contributed by atoms with E-state index in [1.165, 1.54) is 36.8 Å². The van der Waals surface area contributed by atoms with Crippen LogP contribution in [0.4, 0.5) is 0 Å². The molecular weight excluding hydrogens is 276 g/mol. The maximum Gasteiger partial charge on any atom is 0.0830 e. The molecular formula is C15H19BrO. The van der Waals surface area contributed by atoms with Crippen LogP contribution in [0.15, 0.2) is 24.3 Å². The van der Waals surface area contributed by atoms with Gasteiger partial charge in [-0.25, -0.2) is 0 Å². The van der Waals surface area contributed by atoms with Crippen molar-refractivity contribution in [2.24, 2.45) is 5.92 Å². The second-order valence-electron chi connectivity index (χ2n) is 5.32. The molecule has 17 heavy (non-hydrogen) atoms. The molecule has 2 heteroatoms. The lowest BCUT2D eigenvalue weighted by atomic mass is 9.90. The summed E-state index contributed by atoms with van der Waals surface area (Å²) in [7, 11) is 0. The zero-order valence-corrected chi connectivity index (χ0v) is 11.7. The Balaban J connectivity index is 1.72. The van der Waals surface area contributed by atoms with E-state index in [4.69, 9.17) is 4.74 Å². The third-order valence-corrected chi connectivity index (χ3v) is 4.95. The first kappa shape index (κ1) is 11.7.